The fourth-order valence-corrected chi connectivity index (χ4v) is 1.66. The maximum Gasteiger partial charge on any atom is 0.323 e. The van der Waals surface area contributed by atoms with Gasteiger partial charge >= 0.3 is 12.0 Å². The molecule has 1 rings (SSSR count). The molecule has 0 saturated heterocycles. The summed E-state index contributed by atoms with van der Waals surface area (Å²) in [5.74, 6) is -1.63. The predicted octanol–water partition coefficient (Wildman–Crippen LogP) is 0.407. The number of aryl methyl sites for hydroxylation is 1. The molecule has 0 aromatic heterocycles. The molecule has 0 radical (unpaired) electrons. The molecule has 4 N–H and O–H groups in total. The largest absolute Gasteiger partial charge is 0.495 e. The number of methoxy groups -OCH3 is 1. The molecule has 0 aliphatic carbocycles. The third kappa shape index (κ3) is 5.01. The highest BCUT2D eigenvalue weighted by Gasteiger charge is 2.20. The van der Waals surface area contributed by atoms with E-state index in [0.29, 0.717) is 11.4 Å². The van der Waals surface area contributed by atoms with Gasteiger partial charge in [0.05, 0.1) is 12.8 Å². The Balaban J connectivity index is 2.92. The van der Waals surface area contributed by atoms with E-state index in [0.717, 1.165) is 10.5 Å². The van der Waals surface area contributed by atoms with Crippen LogP contribution in [0.4, 0.5) is 10.5 Å². The van der Waals surface area contributed by atoms with Gasteiger partial charge in [-0.2, -0.15) is 0 Å². The first-order chi connectivity index (χ1) is 9.83. The van der Waals surface area contributed by atoms with Crippen LogP contribution >= 0.6 is 0 Å². The molecule has 0 aliphatic rings. The Labute approximate surface area is 121 Å². The number of carbonyl (C=O) groups excluding carboxylic acids is 2. The summed E-state index contributed by atoms with van der Waals surface area (Å²) in [6.45, 7) is 0.697. The number of nitrogens with one attached hydrogen (secondary N) is 1. The Morgan fingerprint density at radius 2 is 2.00 bits per heavy atom. The molecule has 1 aromatic carbocycles. The van der Waals surface area contributed by atoms with Crippen LogP contribution in [0.3, 0.4) is 0 Å². The van der Waals surface area contributed by atoms with E-state index in [1.165, 1.54) is 7.11 Å². The van der Waals surface area contributed by atoms with Crippen molar-refractivity contribution < 1.29 is 24.2 Å². The van der Waals surface area contributed by atoms with Gasteiger partial charge in [0.1, 0.15) is 18.8 Å². The van der Waals surface area contributed by atoms with Gasteiger partial charge in [0, 0.05) is 0 Å². The predicted molar refractivity (Wildman–Crippen MR) is 75.2 cm³/mol. The molecule has 1 aromatic rings. The van der Waals surface area contributed by atoms with Crippen molar-refractivity contribution in [1.29, 1.82) is 0 Å². The lowest BCUT2D eigenvalue weighted by molar-refractivity contribution is -0.137. The lowest BCUT2D eigenvalue weighted by Gasteiger charge is -2.20. The monoisotopic (exact) mass is 295 g/mol. The number of aliphatic carboxylic acids is 1. The molecule has 0 aliphatic heterocycles. The number of hydrogen-bond acceptors (Lipinski definition) is 4. The second kappa shape index (κ2) is 7.13. The maximum absolute atomic E-state index is 12.1. The molecule has 0 saturated carbocycles. The minimum atomic E-state index is -1.25. The van der Waals surface area contributed by atoms with Crippen molar-refractivity contribution in [3.63, 3.8) is 0 Å². The van der Waals surface area contributed by atoms with Gasteiger partial charge < -0.3 is 25.8 Å². The molecule has 8 heteroatoms. The van der Waals surface area contributed by atoms with E-state index in [1.54, 1.807) is 18.2 Å². The van der Waals surface area contributed by atoms with Crippen molar-refractivity contribution in [3.8, 4) is 5.75 Å². The summed E-state index contributed by atoms with van der Waals surface area (Å²) in [5.41, 5.74) is 6.26. The van der Waals surface area contributed by atoms with Crippen LogP contribution in [-0.4, -0.2) is 48.1 Å². The van der Waals surface area contributed by atoms with Crippen molar-refractivity contribution in [2.45, 2.75) is 6.92 Å². The Kier molecular flexibility index (Phi) is 5.53. The molecule has 0 heterocycles. The number of amides is 3. The number of carboxylic acids is 1. The second-order valence-corrected chi connectivity index (χ2v) is 4.35. The molecule has 114 valence electrons. The van der Waals surface area contributed by atoms with Crippen LogP contribution in [0.2, 0.25) is 0 Å². The van der Waals surface area contributed by atoms with E-state index < -0.39 is 31.0 Å². The lowest BCUT2D eigenvalue weighted by Crippen LogP contribution is -2.43. The van der Waals surface area contributed by atoms with Crippen LogP contribution in [0, 0.1) is 6.92 Å². The number of anilines is 1. The highest BCUT2D eigenvalue weighted by Crippen LogP contribution is 2.25. The maximum atomic E-state index is 12.1. The topological polar surface area (TPSA) is 122 Å². The molecule has 0 unspecified atom stereocenters. The number of benzene rings is 1. The zero-order valence-corrected chi connectivity index (χ0v) is 11.8. The zero-order chi connectivity index (χ0) is 16.0. The van der Waals surface area contributed by atoms with Gasteiger partial charge in [-0.3, -0.25) is 9.59 Å². The van der Waals surface area contributed by atoms with Crippen LogP contribution in [-0.2, 0) is 9.59 Å². The zero-order valence-electron chi connectivity index (χ0n) is 11.8. The Morgan fingerprint density at radius 1 is 1.33 bits per heavy atom. The van der Waals surface area contributed by atoms with Gasteiger partial charge in [0.25, 0.3) is 0 Å². The van der Waals surface area contributed by atoms with Crippen LogP contribution in [0.25, 0.3) is 0 Å². The minimum absolute atomic E-state index is 0.377. The number of hydrogen-bond donors (Lipinski definition) is 3. The van der Waals surface area contributed by atoms with Crippen molar-refractivity contribution in [3.05, 3.63) is 23.8 Å². The number of carboxylic acid groups (broad SMARTS) is 1. The molecular weight excluding hydrogens is 278 g/mol. The van der Waals surface area contributed by atoms with E-state index in [-0.39, 0.29) is 0 Å². The molecule has 21 heavy (non-hydrogen) atoms. The van der Waals surface area contributed by atoms with Crippen LogP contribution in [0.1, 0.15) is 5.56 Å². The molecule has 0 atom stereocenters. The van der Waals surface area contributed by atoms with E-state index >= 15 is 0 Å². The van der Waals surface area contributed by atoms with Gasteiger partial charge in [-0.25, -0.2) is 4.79 Å². The Hall–Kier alpha value is -2.77. The molecule has 8 nitrogen and oxygen atoms in total. The normalized spacial score (nSPS) is 9.81. The van der Waals surface area contributed by atoms with Crippen molar-refractivity contribution in [2.75, 3.05) is 25.5 Å². The van der Waals surface area contributed by atoms with Crippen LogP contribution in [0.15, 0.2) is 18.2 Å². The van der Waals surface area contributed by atoms with Crippen molar-refractivity contribution >= 4 is 23.6 Å². The SMILES string of the molecule is COc1ccc(C)cc1NC(=O)N(CC(N)=O)CC(=O)O. The van der Waals surface area contributed by atoms with E-state index in [4.69, 9.17) is 15.6 Å². The Morgan fingerprint density at radius 3 is 2.52 bits per heavy atom. The van der Waals surface area contributed by atoms with Crippen LogP contribution < -0.4 is 15.8 Å². The van der Waals surface area contributed by atoms with E-state index in [9.17, 15) is 14.4 Å². The quantitative estimate of drug-likeness (QED) is 0.701. The summed E-state index contributed by atoms with van der Waals surface area (Å²) in [6.07, 6.45) is 0. The number of carbonyl (C=O) groups is 3. The number of rotatable bonds is 6. The van der Waals surface area contributed by atoms with Gasteiger partial charge in [-0.15, -0.1) is 0 Å². The number of nitrogens with two attached hydrogens (primary N) is 1. The van der Waals surface area contributed by atoms with Gasteiger partial charge in [0.15, 0.2) is 0 Å². The highest BCUT2D eigenvalue weighted by molar-refractivity contribution is 5.95. The van der Waals surface area contributed by atoms with Crippen LogP contribution in [0.5, 0.6) is 5.75 Å². The Bertz CT molecular complexity index is 543. The van der Waals surface area contributed by atoms with E-state index in [1.807, 2.05) is 6.92 Å². The molecule has 0 spiro atoms. The second-order valence-electron chi connectivity index (χ2n) is 4.35. The fourth-order valence-electron chi connectivity index (χ4n) is 1.66. The van der Waals surface area contributed by atoms with Gasteiger partial charge in [-0.05, 0) is 24.6 Å². The highest BCUT2D eigenvalue weighted by atomic mass is 16.5. The summed E-state index contributed by atoms with van der Waals surface area (Å²) >= 11 is 0. The molecule has 3 amide bonds. The average Bonchev–Trinajstić information content (AvgIpc) is 2.37. The lowest BCUT2D eigenvalue weighted by atomic mass is 10.2. The smallest absolute Gasteiger partial charge is 0.323 e. The summed E-state index contributed by atoms with van der Waals surface area (Å²) in [7, 11) is 1.44. The molecule has 0 fully saturated rings. The summed E-state index contributed by atoms with van der Waals surface area (Å²) in [5, 5.41) is 11.3. The van der Waals surface area contributed by atoms with Crippen molar-refractivity contribution in [1.82, 2.24) is 4.90 Å². The minimum Gasteiger partial charge on any atom is -0.495 e. The molecular formula is C13H17N3O5. The third-order valence-electron chi connectivity index (χ3n) is 2.56. The average molecular weight is 295 g/mol. The molecule has 0 bridgehead atoms. The standard InChI is InChI=1S/C13H17N3O5/c1-8-3-4-10(21-2)9(5-8)15-13(20)16(6-11(14)17)7-12(18)19/h3-5H,6-7H2,1-2H3,(H2,14,17)(H,15,20)(H,18,19). The summed E-state index contributed by atoms with van der Waals surface area (Å²) in [4.78, 5) is 34.5. The van der Waals surface area contributed by atoms with E-state index in [2.05, 4.69) is 5.32 Å². The number of primary amides is 1. The first kappa shape index (κ1) is 16.3. The number of nitrogens with zero attached hydrogens (tertiary/aromatic N) is 1. The number of urea groups is 1. The first-order valence-corrected chi connectivity index (χ1v) is 6.04. The fraction of sp³-hybridized carbons (Fsp3) is 0.308. The van der Waals surface area contributed by atoms with Gasteiger partial charge in [-0.1, -0.05) is 6.07 Å². The van der Waals surface area contributed by atoms with Gasteiger partial charge in [0.2, 0.25) is 5.91 Å². The summed E-state index contributed by atoms with van der Waals surface area (Å²) in [6, 6.07) is 4.38. The third-order valence-corrected chi connectivity index (χ3v) is 2.56. The summed E-state index contributed by atoms with van der Waals surface area (Å²) < 4.78 is 5.10. The van der Waals surface area contributed by atoms with Crippen molar-refractivity contribution in [2.24, 2.45) is 5.73 Å². The number of ether oxygens (including phenoxy) is 1. The first-order valence-electron chi connectivity index (χ1n) is 6.04.